The third-order valence-corrected chi connectivity index (χ3v) is 4.15. The minimum atomic E-state index is -0.539. The van der Waals surface area contributed by atoms with E-state index in [2.05, 4.69) is 32.7 Å². The van der Waals surface area contributed by atoms with E-state index < -0.39 is 5.91 Å². The molecule has 0 fully saturated rings. The van der Waals surface area contributed by atoms with Gasteiger partial charge in [-0.2, -0.15) is 5.10 Å². The highest BCUT2D eigenvalue weighted by Gasteiger charge is 2.29. The molecule has 20 heavy (non-hydrogen) atoms. The van der Waals surface area contributed by atoms with E-state index in [-0.39, 0.29) is 11.7 Å². The molecule has 1 atom stereocenters. The molecule has 2 aromatic heterocycles. The van der Waals surface area contributed by atoms with Gasteiger partial charge < -0.3 is 11.5 Å². The molecule has 0 spiro atoms. The fourth-order valence-corrected chi connectivity index (χ4v) is 3.05. The van der Waals surface area contributed by atoms with Crippen molar-refractivity contribution in [2.45, 2.75) is 25.3 Å². The zero-order chi connectivity index (χ0) is 14.3. The van der Waals surface area contributed by atoms with E-state index in [1.165, 1.54) is 0 Å². The van der Waals surface area contributed by atoms with Crippen LogP contribution < -0.4 is 11.5 Å². The topological polar surface area (TPSA) is 99.8 Å². The SMILES string of the molecule is NC(=O)c1nn(-c2cc(I)ccn2)c2c1[C@@H](N)CCC2. The third kappa shape index (κ3) is 2.20. The number of fused-ring (bicyclic) bond motifs is 1. The predicted molar refractivity (Wildman–Crippen MR) is 82.5 cm³/mol. The summed E-state index contributed by atoms with van der Waals surface area (Å²) in [7, 11) is 0. The lowest BCUT2D eigenvalue weighted by Crippen LogP contribution is -2.22. The molecule has 2 heterocycles. The Kier molecular flexibility index (Phi) is 3.47. The molecule has 0 saturated heterocycles. The maximum Gasteiger partial charge on any atom is 0.269 e. The van der Waals surface area contributed by atoms with Crippen LogP contribution in [-0.2, 0) is 6.42 Å². The normalized spacial score (nSPS) is 17.8. The minimum absolute atomic E-state index is 0.183. The molecular formula is C13H14IN5O. The molecule has 2 aromatic rings. The number of nitrogens with zero attached hydrogens (tertiary/aromatic N) is 3. The molecule has 104 valence electrons. The van der Waals surface area contributed by atoms with Crippen molar-refractivity contribution < 1.29 is 4.79 Å². The molecule has 0 aromatic carbocycles. The maximum atomic E-state index is 11.6. The number of primary amides is 1. The first-order valence-electron chi connectivity index (χ1n) is 6.37. The van der Waals surface area contributed by atoms with Crippen molar-refractivity contribution >= 4 is 28.5 Å². The molecule has 4 N–H and O–H groups in total. The van der Waals surface area contributed by atoms with Gasteiger partial charge in [0, 0.05) is 21.4 Å². The summed E-state index contributed by atoms with van der Waals surface area (Å²) in [5.41, 5.74) is 13.6. The Bertz CT molecular complexity index is 681. The summed E-state index contributed by atoms with van der Waals surface area (Å²) >= 11 is 2.21. The lowest BCUT2D eigenvalue weighted by Gasteiger charge is -2.19. The number of aromatic nitrogens is 3. The fourth-order valence-electron chi connectivity index (χ4n) is 2.61. The van der Waals surface area contributed by atoms with Crippen LogP contribution in [0.25, 0.3) is 5.82 Å². The summed E-state index contributed by atoms with van der Waals surface area (Å²) in [6.07, 6.45) is 4.37. The van der Waals surface area contributed by atoms with Gasteiger partial charge in [0.2, 0.25) is 0 Å². The van der Waals surface area contributed by atoms with Crippen LogP contribution in [0, 0.1) is 3.57 Å². The molecule has 1 amide bonds. The largest absolute Gasteiger partial charge is 0.364 e. The lowest BCUT2D eigenvalue weighted by molar-refractivity contribution is 0.0993. The predicted octanol–water partition coefficient (Wildman–Crippen LogP) is 1.31. The zero-order valence-electron chi connectivity index (χ0n) is 10.7. The van der Waals surface area contributed by atoms with Crippen LogP contribution >= 0.6 is 22.6 Å². The van der Waals surface area contributed by atoms with Crippen LogP contribution in [0.1, 0.15) is 40.6 Å². The standard InChI is InChI=1S/C13H14IN5O/c14-7-4-5-17-10(6-7)19-9-3-1-2-8(15)11(9)12(18-19)13(16)20/h4-6,8H,1-3,15H2,(H2,16,20)/t8-/m0/s1. The van der Waals surface area contributed by atoms with E-state index in [0.29, 0.717) is 5.82 Å². The van der Waals surface area contributed by atoms with Gasteiger partial charge in [-0.25, -0.2) is 9.67 Å². The van der Waals surface area contributed by atoms with Crippen molar-refractivity contribution in [1.82, 2.24) is 14.8 Å². The fraction of sp³-hybridized carbons (Fsp3) is 0.308. The molecule has 0 saturated carbocycles. The highest BCUT2D eigenvalue weighted by atomic mass is 127. The monoisotopic (exact) mass is 383 g/mol. The third-order valence-electron chi connectivity index (χ3n) is 3.48. The van der Waals surface area contributed by atoms with E-state index in [1.807, 2.05) is 12.1 Å². The van der Waals surface area contributed by atoms with Crippen LogP contribution in [0.15, 0.2) is 18.3 Å². The first kappa shape index (κ1) is 13.5. The molecule has 0 radical (unpaired) electrons. The quantitative estimate of drug-likeness (QED) is 0.764. The smallest absolute Gasteiger partial charge is 0.269 e. The summed E-state index contributed by atoms with van der Waals surface area (Å²) in [6, 6.07) is 3.64. The average molecular weight is 383 g/mol. The van der Waals surface area contributed by atoms with Gasteiger partial charge in [-0.3, -0.25) is 4.79 Å². The van der Waals surface area contributed by atoms with Gasteiger partial charge in [-0.05, 0) is 54.0 Å². The van der Waals surface area contributed by atoms with Crippen molar-refractivity contribution in [3.05, 3.63) is 38.9 Å². The second-order valence-corrected chi connectivity index (χ2v) is 6.06. The van der Waals surface area contributed by atoms with Crippen molar-refractivity contribution in [2.24, 2.45) is 11.5 Å². The molecule has 7 heteroatoms. The van der Waals surface area contributed by atoms with Gasteiger partial charge in [0.1, 0.15) is 0 Å². The van der Waals surface area contributed by atoms with Gasteiger partial charge in [-0.15, -0.1) is 0 Å². The number of hydrogen-bond acceptors (Lipinski definition) is 4. The van der Waals surface area contributed by atoms with Crippen LogP contribution in [0.3, 0.4) is 0 Å². The molecule has 0 bridgehead atoms. The van der Waals surface area contributed by atoms with Gasteiger partial charge in [0.25, 0.3) is 5.91 Å². The Morgan fingerprint density at radius 1 is 1.50 bits per heavy atom. The van der Waals surface area contributed by atoms with Crippen molar-refractivity contribution in [1.29, 1.82) is 0 Å². The number of halogens is 1. The van der Waals surface area contributed by atoms with Crippen LogP contribution in [0.5, 0.6) is 0 Å². The summed E-state index contributed by atoms with van der Waals surface area (Å²) < 4.78 is 2.76. The van der Waals surface area contributed by atoms with Gasteiger partial charge in [0.15, 0.2) is 11.5 Å². The van der Waals surface area contributed by atoms with E-state index in [4.69, 9.17) is 11.5 Å². The summed E-state index contributed by atoms with van der Waals surface area (Å²) in [6.45, 7) is 0. The summed E-state index contributed by atoms with van der Waals surface area (Å²) in [5.74, 6) is 0.151. The highest BCUT2D eigenvalue weighted by molar-refractivity contribution is 14.1. The van der Waals surface area contributed by atoms with E-state index in [9.17, 15) is 4.79 Å². The molecule has 1 aliphatic rings. The van der Waals surface area contributed by atoms with Gasteiger partial charge >= 0.3 is 0 Å². The van der Waals surface area contributed by atoms with Crippen LogP contribution in [0.4, 0.5) is 0 Å². The van der Waals surface area contributed by atoms with Crippen LogP contribution in [0.2, 0.25) is 0 Å². The molecular weight excluding hydrogens is 369 g/mol. The second kappa shape index (κ2) is 5.13. The molecule has 1 aliphatic carbocycles. The Morgan fingerprint density at radius 3 is 3.00 bits per heavy atom. The molecule has 3 rings (SSSR count). The number of carbonyl (C=O) groups excluding carboxylic acids is 1. The van der Waals surface area contributed by atoms with Crippen LogP contribution in [-0.4, -0.2) is 20.7 Å². The number of nitrogens with two attached hydrogens (primary N) is 2. The van der Waals surface area contributed by atoms with E-state index in [1.54, 1.807) is 10.9 Å². The minimum Gasteiger partial charge on any atom is -0.364 e. The lowest BCUT2D eigenvalue weighted by atomic mass is 9.91. The Labute approximate surface area is 129 Å². The Hall–Kier alpha value is -1.48. The number of amides is 1. The van der Waals surface area contributed by atoms with Crippen molar-refractivity contribution in [3.63, 3.8) is 0 Å². The van der Waals surface area contributed by atoms with Crippen molar-refractivity contribution in [2.75, 3.05) is 0 Å². The van der Waals surface area contributed by atoms with Gasteiger partial charge in [-0.1, -0.05) is 0 Å². The second-order valence-electron chi connectivity index (χ2n) is 4.82. The first-order valence-corrected chi connectivity index (χ1v) is 7.45. The van der Waals surface area contributed by atoms with Gasteiger partial charge in [0.05, 0.1) is 5.69 Å². The first-order chi connectivity index (χ1) is 9.58. The maximum absolute atomic E-state index is 11.6. The molecule has 0 aliphatic heterocycles. The number of pyridine rings is 1. The number of hydrogen-bond donors (Lipinski definition) is 2. The van der Waals surface area contributed by atoms with E-state index in [0.717, 1.165) is 34.1 Å². The molecule has 0 unspecified atom stereocenters. The van der Waals surface area contributed by atoms with Crippen molar-refractivity contribution in [3.8, 4) is 5.82 Å². The highest BCUT2D eigenvalue weighted by Crippen LogP contribution is 2.32. The Morgan fingerprint density at radius 2 is 2.30 bits per heavy atom. The van der Waals surface area contributed by atoms with E-state index >= 15 is 0 Å². The zero-order valence-corrected chi connectivity index (χ0v) is 12.9. The number of rotatable bonds is 2. The average Bonchev–Trinajstić information content (AvgIpc) is 2.80. The summed E-state index contributed by atoms with van der Waals surface area (Å²) in [4.78, 5) is 15.9. The number of carbonyl (C=O) groups is 1. The summed E-state index contributed by atoms with van der Waals surface area (Å²) in [5, 5.41) is 4.35. The molecule has 6 nitrogen and oxygen atoms in total. The Balaban J connectivity index is 2.22.